The Labute approximate surface area is 148 Å². The van der Waals surface area contributed by atoms with Gasteiger partial charge in [-0.15, -0.1) is 0 Å². The summed E-state index contributed by atoms with van der Waals surface area (Å²) in [5.74, 6) is 0.630. The maximum absolute atomic E-state index is 8.77. The lowest BCUT2D eigenvalue weighted by Gasteiger charge is -2.25. The fourth-order valence-corrected chi connectivity index (χ4v) is 2.33. The highest BCUT2D eigenvalue weighted by atomic mass is 16.5. The van der Waals surface area contributed by atoms with E-state index in [1.807, 2.05) is 13.8 Å². The highest BCUT2D eigenvalue weighted by Gasteiger charge is 2.10. The lowest BCUT2D eigenvalue weighted by Crippen LogP contribution is -2.30. The number of ether oxygens (including phenoxy) is 2. The Hall–Kier alpha value is -0.880. The molecule has 0 heterocycles. The summed E-state index contributed by atoms with van der Waals surface area (Å²) in [6, 6.07) is 0. The number of hydrogen-bond acceptors (Lipinski definition) is 5. The molecule has 0 fully saturated rings. The molecule has 1 rings (SSSR count). The first-order chi connectivity index (χ1) is 11.8. The average molecular weight is 343 g/mol. The van der Waals surface area contributed by atoms with Crippen molar-refractivity contribution in [2.45, 2.75) is 40.0 Å². The largest absolute Gasteiger partial charge is 0.396 e. The number of aliphatic hydroxyl groups is 1. The van der Waals surface area contributed by atoms with E-state index in [-0.39, 0.29) is 6.61 Å². The summed E-state index contributed by atoms with van der Waals surface area (Å²) in [6.45, 7) is 11.2. The zero-order valence-corrected chi connectivity index (χ0v) is 15.9. The van der Waals surface area contributed by atoms with Gasteiger partial charge in [0, 0.05) is 38.5 Å². The van der Waals surface area contributed by atoms with Gasteiger partial charge in [0.15, 0.2) is 0 Å². The molecular weight excluding hydrogens is 304 g/mol. The average Bonchev–Trinajstić information content (AvgIpc) is 2.83. The van der Waals surface area contributed by atoms with Crippen molar-refractivity contribution in [3.05, 3.63) is 23.9 Å². The highest BCUT2D eigenvalue weighted by molar-refractivity contribution is 5.20. The standard InChI is InChI=1S/C17H32N2O3.C2H6/c1-16-4-2-5-17(7-6-16)19(10-15-22-13-8-18)9-14-21-12-3-11-20;1-2/h5-7,16,20H,2-4,8-15,18H2,1H3;1-2H3. The van der Waals surface area contributed by atoms with Crippen LogP contribution in [-0.2, 0) is 9.47 Å². The van der Waals surface area contributed by atoms with Crippen LogP contribution < -0.4 is 5.73 Å². The molecule has 0 amide bonds. The Kier molecular flexibility index (Phi) is 16.3. The number of rotatable bonds is 12. The van der Waals surface area contributed by atoms with Crippen molar-refractivity contribution in [3.8, 4) is 0 Å². The van der Waals surface area contributed by atoms with Crippen molar-refractivity contribution in [2.75, 3.05) is 52.7 Å². The van der Waals surface area contributed by atoms with Crippen LogP contribution in [0.5, 0.6) is 0 Å². The molecule has 1 aliphatic rings. The second-order valence-electron chi connectivity index (χ2n) is 5.62. The molecule has 0 aromatic carbocycles. The predicted molar refractivity (Wildman–Crippen MR) is 101 cm³/mol. The van der Waals surface area contributed by atoms with E-state index in [0.29, 0.717) is 45.3 Å². The molecule has 0 saturated heterocycles. The van der Waals surface area contributed by atoms with Crippen molar-refractivity contribution < 1.29 is 14.6 Å². The van der Waals surface area contributed by atoms with E-state index in [4.69, 9.17) is 20.3 Å². The summed E-state index contributed by atoms with van der Waals surface area (Å²) in [7, 11) is 0. The van der Waals surface area contributed by atoms with Crippen LogP contribution in [0.2, 0.25) is 0 Å². The quantitative estimate of drug-likeness (QED) is 0.534. The molecule has 0 radical (unpaired) electrons. The zero-order valence-electron chi connectivity index (χ0n) is 15.9. The molecule has 1 aliphatic carbocycles. The molecule has 24 heavy (non-hydrogen) atoms. The van der Waals surface area contributed by atoms with Crippen LogP contribution in [0, 0.1) is 5.92 Å². The monoisotopic (exact) mass is 342 g/mol. The molecule has 1 unspecified atom stereocenters. The van der Waals surface area contributed by atoms with E-state index in [1.165, 1.54) is 12.1 Å². The first-order valence-corrected chi connectivity index (χ1v) is 9.37. The minimum absolute atomic E-state index is 0.183. The molecular formula is C19H38N2O3. The summed E-state index contributed by atoms with van der Waals surface area (Å²) >= 11 is 0. The van der Waals surface area contributed by atoms with E-state index in [1.54, 1.807) is 0 Å². The predicted octanol–water partition coefficient (Wildman–Crippen LogP) is 2.56. The Bertz CT molecular complexity index is 333. The van der Waals surface area contributed by atoms with E-state index >= 15 is 0 Å². The molecule has 0 bridgehead atoms. The second-order valence-corrected chi connectivity index (χ2v) is 5.62. The Balaban J connectivity index is 0.00000254. The summed E-state index contributed by atoms with van der Waals surface area (Å²) in [5.41, 5.74) is 6.71. The van der Waals surface area contributed by atoms with E-state index < -0.39 is 0 Å². The van der Waals surface area contributed by atoms with Crippen LogP contribution in [0.4, 0.5) is 0 Å². The van der Waals surface area contributed by atoms with Gasteiger partial charge in [-0.2, -0.15) is 0 Å². The lowest BCUT2D eigenvalue weighted by molar-refractivity contribution is 0.0835. The summed E-state index contributed by atoms with van der Waals surface area (Å²) in [4.78, 5) is 2.31. The van der Waals surface area contributed by atoms with Crippen molar-refractivity contribution >= 4 is 0 Å². The fraction of sp³-hybridized carbons (Fsp3) is 0.789. The van der Waals surface area contributed by atoms with Crippen molar-refractivity contribution in [1.82, 2.24) is 4.90 Å². The third kappa shape index (κ3) is 11.6. The molecule has 1 atom stereocenters. The first-order valence-electron chi connectivity index (χ1n) is 9.37. The third-order valence-electron chi connectivity index (χ3n) is 3.66. The summed E-state index contributed by atoms with van der Waals surface area (Å²) in [5, 5.41) is 8.77. The van der Waals surface area contributed by atoms with Gasteiger partial charge in [0.1, 0.15) is 0 Å². The Morgan fingerprint density at radius 2 is 1.83 bits per heavy atom. The molecule has 142 valence electrons. The van der Waals surface area contributed by atoms with Gasteiger partial charge in [-0.1, -0.05) is 32.9 Å². The second kappa shape index (κ2) is 17.0. The third-order valence-corrected chi connectivity index (χ3v) is 3.66. The van der Waals surface area contributed by atoms with Gasteiger partial charge in [0.25, 0.3) is 0 Å². The number of hydrogen-bond donors (Lipinski definition) is 2. The van der Waals surface area contributed by atoms with Gasteiger partial charge in [-0.05, 0) is 31.3 Å². The normalized spacial score (nSPS) is 16.9. The minimum atomic E-state index is 0.183. The molecule has 0 aromatic rings. The molecule has 0 saturated carbocycles. The molecule has 0 spiro atoms. The molecule has 3 N–H and O–H groups in total. The van der Waals surface area contributed by atoms with Crippen LogP contribution in [0.25, 0.3) is 0 Å². The topological polar surface area (TPSA) is 68.0 Å². The molecule has 5 nitrogen and oxygen atoms in total. The van der Waals surface area contributed by atoms with Gasteiger partial charge >= 0.3 is 0 Å². The van der Waals surface area contributed by atoms with E-state index in [2.05, 4.69) is 30.1 Å². The maximum atomic E-state index is 8.77. The lowest BCUT2D eigenvalue weighted by atomic mass is 10.1. The van der Waals surface area contributed by atoms with Crippen LogP contribution in [-0.4, -0.2) is 62.7 Å². The molecule has 5 heteroatoms. The van der Waals surface area contributed by atoms with E-state index in [9.17, 15) is 0 Å². The first kappa shape index (κ1) is 23.1. The van der Waals surface area contributed by atoms with Gasteiger partial charge in [-0.25, -0.2) is 0 Å². The minimum Gasteiger partial charge on any atom is -0.396 e. The SMILES string of the molecule is CC.CC1C=CC(N(CCOCCN)CCOCCCO)=CCC1. The van der Waals surface area contributed by atoms with E-state index in [0.717, 1.165) is 19.5 Å². The number of allylic oxidation sites excluding steroid dienone is 3. The van der Waals surface area contributed by atoms with Gasteiger partial charge < -0.3 is 25.2 Å². The smallest absolute Gasteiger partial charge is 0.0642 e. The number of nitrogens with two attached hydrogens (primary N) is 1. The highest BCUT2D eigenvalue weighted by Crippen LogP contribution is 2.18. The number of nitrogens with zero attached hydrogens (tertiary/aromatic N) is 1. The van der Waals surface area contributed by atoms with Gasteiger partial charge in [0.2, 0.25) is 0 Å². The summed E-state index contributed by atoms with van der Waals surface area (Å²) < 4.78 is 11.1. The Morgan fingerprint density at radius 1 is 1.17 bits per heavy atom. The summed E-state index contributed by atoms with van der Waals surface area (Å²) in [6.07, 6.45) is 9.80. The fourth-order valence-electron chi connectivity index (χ4n) is 2.33. The van der Waals surface area contributed by atoms with Crippen LogP contribution >= 0.6 is 0 Å². The van der Waals surface area contributed by atoms with Crippen LogP contribution in [0.3, 0.4) is 0 Å². The molecule has 0 aromatic heterocycles. The number of aliphatic hydroxyl groups excluding tert-OH is 1. The van der Waals surface area contributed by atoms with Gasteiger partial charge in [0.05, 0.1) is 19.8 Å². The van der Waals surface area contributed by atoms with Crippen molar-refractivity contribution in [3.63, 3.8) is 0 Å². The Morgan fingerprint density at radius 3 is 2.46 bits per heavy atom. The van der Waals surface area contributed by atoms with Crippen molar-refractivity contribution in [2.24, 2.45) is 11.7 Å². The van der Waals surface area contributed by atoms with Crippen LogP contribution in [0.15, 0.2) is 23.9 Å². The maximum Gasteiger partial charge on any atom is 0.0642 e. The zero-order chi connectivity index (χ0) is 18.0. The van der Waals surface area contributed by atoms with Crippen molar-refractivity contribution in [1.29, 1.82) is 0 Å². The van der Waals surface area contributed by atoms with Gasteiger partial charge in [-0.3, -0.25) is 0 Å². The molecule has 0 aliphatic heterocycles. The van der Waals surface area contributed by atoms with Crippen LogP contribution in [0.1, 0.15) is 40.0 Å².